The zero-order valence-electron chi connectivity index (χ0n) is 19.9. The number of esters is 2. The van der Waals surface area contributed by atoms with Gasteiger partial charge in [-0.15, -0.1) is 11.8 Å². The van der Waals surface area contributed by atoms with Crippen LogP contribution in [0.4, 0.5) is 0 Å². The van der Waals surface area contributed by atoms with Crippen LogP contribution in [0.2, 0.25) is 0 Å². The lowest BCUT2D eigenvalue weighted by Crippen LogP contribution is -2.71. The smallest absolute Gasteiger partial charge is 0.352 e. The molecule has 1 aromatic heterocycles. The maximum atomic E-state index is 13.0. The fourth-order valence-electron chi connectivity index (χ4n) is 3.32. The number of ether oxygens (including phenoxy) is 2. The summed E-state index contributed by atoms with van der Waals surface area (Å²) in [6.45, 7) is 5.41. The van der Waals surface area contributed by atoms with E-state index in [2.05, 4.69) is 10.5 Å². The van der Waals surface area contributed by atoms with Gasteiger partial charge in [0.1, 0.15) is 29.3 Å². The van der Waals surface area contributed by atoms with Gasteiger partial charge in [0.25, 0.3) is 11.8 Å². The van der Waals surface area contributed by atoms with Gasteiger partial charge in [0.2, 0.25) is 12.3 Å². The minimum atomic E-state index is -1.35. The number of aliphatic carboxylic acids is 1. The largest absolute Gasteiger partial charge is 0.477 e. The molecule has 36 heavy (non-hydrogen) atoms. The standard InChI is InChI=1S/C22H25N3O10S/c1-11(26)33-8-12-10-36-20-16(19(29)25(20)17(12)21(30)31)23-18(28)15(13-6-5-7-32-13)24-34-9-14(27)35-22(2,3)4/h5-7,16,20H,8-10H2,1-4H3,(H,23,28)(H,30,31)/t16-,20-/m1/s1. The summed E-state index contributed by atoms with van der Waals surface area (Å²) in [5, 5.41) is 15.1. The lowest BCUT2D eigenvalue weighted by atomic mass is 10.0. The van der Waals surface area contributed by atoms with Crippen molar-refractivity contribution in [1.82, 2.24) is 10.2 Å². The van der Waals surface area contributed by atoms with Crippen LogP contribution >= 0.6 is 11.8 Å². The SMILES string of the molecule is CC(=O)OCC1=C(C(=O)O)N2C(=O)[C@@H](NC(=O)C(=NOCC(=O)OC(C)(C)C)c3ccco3)[C@H]2SC1. The number of nitrogens with one attached hydrogen (secondary N) is 1. The third-order valence-electron chi connectivity index (χ3n) is 4.71. The Kier molecular flexibility index (Phi) is 8.07. The molecule has 2 amide bonds. The molecule has 14 heteroatoms. The number of nitrogens with zero attached hydrogens (tertiary/aromatic N) is 2. The van der Waals surface area contributed by atoms with Crippen LogP contribution in [-0.4, -0.2) is 81.4 Å². The third-order valence-corrected chi connectivity index (χ3v) is 6.05. The molecule has 3 rings (SSSR count). The van der Waals surface area contributed by atoms with E-state index in [4.69, 9.17) is 18.7 Å². The molecule has 2 aliphatic heterocycles. The number of fused-ring (bicyclic) bond motifs is 1. The number of carbonyl (C=O) groups is 5. The number of rotatable bonds is 9. The minimum absolute atomic E-state index is 0.0198. The highest BCUT2D eigenvalue weighted by atomic mass is 32.2. The fraction of sp³-hybridized carbons (Fsp3) is 0.455. The molecule has 1 saturated heterocycles. The van der Waals surface area contributed by atoms with E-state index in [0.717, 1.165) is 4.90 Å². The fourth-order valence-corrected chi connectivity index (χ4v) is 4.65. The number of β-lactam (4-membered cyclic amide) rings is 1. The Bertz CT molecular complexity index is 1120. The first-order valence-electron chi connectivity index (χ1n) is 10.7. The van der Waals surface area contributed by atoms with Crippen molar-refractivity contribution in [3.05, 3.63) is 35.4 Å². The average molecular weight is 524 g/mol. The van der Waals surface area contributed by atoms with Crippen molar-refractivity contribution in [2.45, 2.75) is 44.7 Å². The highest BCUT2D eigenvalue weighted by Gasteiger charge is 2.54. The van der Waals surface area contributed by atoms with Gasteiger partial charge < -0.3 is 29.2 Å². The highest BCUT2D eigenvalue weighted by molar-refractivity contribution is 8.00. The second-order valence-corrected chi connectivity index (χ2v) is 9.78. The molecule has 13 nitrogen and oxygen atoms in total. The first kappa shape index (κ1) is 26.8. The number of carboxylic acids is 1. The average Bonchev–Trinajstić information content (AvgIpc) is 3.31. The van der Waals surface area contributed by atoms with Crippen molar-refractivity contribution < 1.29 is 47.8 Å². The van der Waals surface area contributed by atoms with Crippen LogP contribution in [0.15, 0.2) is 39.2 Å². The molecule has 0 saturated carbocycles. The molecule has 2 N–H and O–H groups in total. The molecule has 0 unspecified atom stereocenters. The highest BCUT2D eigenvalue weighted by Crippen LogP contribution is 2.40. The Morgan fingerprint density at radius 1 is 1.31 bits per heavy atom. The van der Waals surface area contributed by atoms with Gasteiger partial charge in [-0.2, -0.15) is 0 Å². The van der Waals surface area contributed by atoms with Gasteiger partial charge in [0, 0.05) is 18.2 Å². The molecule has 1 aromatic rings. The van der Waals surface area contributed by atoms with Gasteiger partial charge >= 0.3 is 17.9 Å². The number of carbonyl (C=O) groups excluding carboxylic acids is 4. The molecular formula is C22H25N3O10S. The lowest BCUT2D eigenvalue weighted by molar-refractivity contribution is -0.160. The first-order chi connectivity index (χ1) is 16.9. The van der Waals surface area contributed by atoms with Crippen molar-refractivity contribution >= 4 is 47.2 Å². The van der Waals surface area contributed by atoms with Crippen LogP contribution in [0.1, 0.15) is 33.5 Å². The molecule has 0 radical (unpaired) electrons. The zero-order chi connectivity index (χ0) is 26.6. The minimum Gasteiger partial charge on any atom is -0.477 e. The Balaban J connectivity index is 1.72. The maximum absolute atomic E-state index is 13.0. The second-order valence-electron chi connectivity index (χ2n) is 8.68. The maximum Gasteiger partial charge on any atom is 0.352 e. The van der Waals surface area contributed by atoms with E-state index < -0.39 is 53.3 Å². The zero-order valence-corrected chi connectivity index (χ0v) is 20.7. The van der Waals surface area contributed by atoms with Crippen molar-refractivity contribution in [3.63, 3.8) is 0 Å². The molecule has 194 valence electrons. The van der Waals surface area contributed by atoms with Crippen molar-refractivity contribution in [3.8, 4) is 0 Å². The number of thioether (sulfide) groups is 1. The summed E-state index contributed by atoms with van der Waals surface area (Å²) in [5.74, 6) is -3.94. The molecule has 1 fully saturated rings. The van der Waals surface area contributed by atoms with Gasteiger partial charge in [-0.05, 0) is 32.9 Å². The summed E-state index contributed by atoms with van der Waals surface area (Å²) in [6.07, 6.45) is 1.30. The molecule has 0 spiro atoms. The van der Waals surface area contributed by atoms with Gasteiger partial charge in [-0.3, -0.25) is 19.3 Å². The predicted molar refractivity (Wildman–Crippen MR) is 123 cm³/mol. The van der Waals surface area contributed by atoms with Crippen LogP contribution in [0.3, 0.4) is 0 Å². The number of carboxylic acid groups (broad SMARTS) is 1. The molecule has 0 aliphatic carbocycles. The predicted octanol–water partition coefficient (Wildman–Crippen LogP) is 0.644. The van der Waals surface area contributed by atoms with E-state index in [1.165, 1.54) is 37.1 Å². The van der Waals surface area contributed by atoms with E-state index in [1.807, 2.05) is 0 Å². The number of hydrogen-bond acceptors (Lipinski definition) is 11. The monoisotopic (exact) mass is 523 g/mol. The first-order valence-corrected chi connectivity index (χ1v) is 11.7. The molecule has 2 atom stereocenters. The summed E-state index contributed by atoms with van der Waals surface area (Å²) >= 11 is 1.21. The Labute approximate surface area is 209 Å². The molecule has 2 aliphatic rings. The topological polar surface area (TPSA) is 174 Å². The van der Waals surface area contributed by atoms with E-state index in [1.54, 1.807) is 20.8 Å². The van der Waals surface area contributed by atoms with Crippen LogP contribution in [-0.2, 0) is 38.3 Å². The van der Waals surface area contributed by atoms with Crippen molar-refractivity contribution in [2.24, 2.45) is 5.16 Å². The third kappa shape index (κ3) is 6.24. The normalized spacial score (nSPS) is 19.7. The number of hydrogen-bond donors (Lipinski definition) is 2. The van der Waals surface area contributed by atoms with Gasteiger partial charge in [0.15, 0.2) is 5.76 Å². The van der Waals surface area contributed by atoms with Crippen LogP contribution in [0, 0.1) is 0 Å². The Hall–Kier alpha value is -3.81. The number of amides is 2. The molecule has 0 bridgehead atoms. The van der Waals surface area contributed by atoms with Gasteiger partial charge in [-0.25, -0.2) is 9.59 Å². The molecule has 0 aromatic carbocycles. The van der Waals surface area contributed by atoms with Crippen LogP contribution in [0.5, 0.6) is 0 Å². The summed E-state index contributed by atoms with van der Waals surface area (Å²) in [4.78, 5) is 66.6. The Morgan fingerprint density at radius 3 is 2.61 bits per heavy atom. The number of oxime groups is 1. The van der Waals surface area contributed by atoms with E-state index in [-0.39, 0.29) is 35.1 Å². The van der Waals surface area contributed by atoms with E-state index in [0.29, 0.717) is 0 Å². The summed E-state index contributed by atoms with van der Waals surface area (Å²) in [6, 6.07) is 1.89. The van der Waals surface area contributed by atoms with Gasteiger partial charge in [0.05, 0.1) is 6.26 Å². The van der Waals surface area contributed by atoms with Crippen molar-refractivity contribution in [2.75, 3.05) is 19.0 Å². The van der Waals surface area contributed by atoms with Gasteiger partial charge in [-0.1, -0.05) is 5.16 Å². The van der Waals surface area contributed by atoms with E-state index in [9.17, 15) is 29.1 Å². The Morgan fingerprint density at radius 2 is 2.03 bits per heavy atom. The lowest BCUT2D eigenvalue weighted by Gasteiger charge is -2.49. The number of furan rings is 1. The molecule has 3 heterocycles. The van der Waals surface area contributed by atoms with Crippen LogP contribution < -0.4 is 5.32 Å². The molecular weight excluding hydrogens is 498 g/mol. The summed E-state index contributed by atoms with van der Waals surface area (Å²) in [5.41, 5.74) is -1.08. The van der Waals surface area contributed by atoms with E-state index >= 15 is 0 Å². The summed E-state index contributed by atoms with van der Waals surface area (Å²) in [7, 11) is 0. The van der Waals surface area contributed by atoms with Crippen molar-refractivity contribution in [1.29, 1.82) is 0 Å². The van der Waals surface area contributed by atoms with Crippen LogP contribution in [0.25, 0.3) is 0 Å². The summed E-state index contributed by atoms with van der Waals surface area (Å²) < 4.78 is 15.2. The quantitative estimate of drug-likeness (QED) is 0.201. The second kappa shape index (κ2) is 10.8.